The van der Waals surface area contributed by atoms with Crippen LogP contribution in [0.2, 0.25) is 0 Å². The molecule has 0 saturated heterocycles. The van der Waals surface area contributed by atoms with Gasteiger partial charge in [-0.1, -0.05) is 23.9 Å². The van der Waals surface area contributed by atoms with Crippen LogP contribution in [0.15, 0.2) is 57.2 Å². The van der Waals surface area contributed by atoms with Crippen molar-refractivity contribution < 1.29 is 0 Å². The molecule has 5 aromatic heterocycles. The number of pyridine rings is 1. The van der Waals surface area contributed by atoms with Gasteiger partial charge in [-0.15, -0.1) is 32.9 Å². The summed E-state index contributed by atoms with van der Waals surface area (Å²) in [5.74, 6) is 0.643. The summed E-state index contributed by atoms with van der Waals surface area (Å²) in [4.78, 5) is 22.3. The first-order chi connectivity index (χ1) is 13.2. The van der Waals surface area contributed by atoms with Crippen molar-refractivity contribution in [3.8, 4) is 10.4 Å². The van der Waals surface area contributed by atoms with Crippen LogP contribution in [0.5, 0.6) is 0 Å². The molecule has 5 rings (SSSR count). The molecule has 6 nitrogen and oxygen atoms in total. The second-order valence-electron chi connectivity index (χ2n) is 5.93. The van der Waals surface area contributed by atoms with E-state index in [1.807, 2.05) is 58.6 Å². The monoisotopic (exact) mass is 411 g/mol. The number of aromatic nitrogens is 5. The molecule has 0 amide bonds. The molecule has 1 N–H and O–H groups in total. The molecule has 5 aromatic rings. The maximum Gasteiger partial charge on any atom is 0.260 e. The van der Waals surface area contributed by atoms with Crippen molar-refractivity contribution in [1.29, 1.82) is 0 Å². The molecule has 1 atom stereocenters. The van der Waals surface area contributed by atoms with Crippen molar-refractivity contribution in [3.05, 3.63) is 63.5 Å². The standard InChI is InChI=1S/C18H13N5OS3/c1-10(27-18-22-21-13-6-2-3-7-23(13)18)15-19-16(24)14-11(9-26-17(14)20-15)12-5-4-8-25-12/h2-10H,1H3,(H,19,20,24). The number of rotatable bonds is 4. The van der Waals surface area contributed by atoms with E-state index < -0.39 is 0 Å². The van der Waals surface area contributed by atoms with Crippen LogP contribution in [0.1, 0.15) is 18.0 Å². The van der Waals surface area contributed by atoms with Gasteiger partial charge >= 0.3 is 0 Å². The van der Waals surface area contributed by atoms with E-state index in [1.165, 1.54) is 23.1 Å². The maximum absolute atomic E-state index is 12.8. The van der Waals surface area contributed by atoms with Gasteiger partial charge in [-0.05, 0) is 30.5 Å². The minimum absolute atomic E-state index is 0.0676. The zero-order valence-electron chi connectivity index (χ0n) is 14.1. The molecule has 0 aliphatic rings. The summed E-state index contributed by atoms with van der Waals surface area (Å²) in [6.45, 7) is 2.01. The molecule has 5 heterocycles. The van der Waals surface area contributed by atoms with Crippen LogP contribution in [-0.4, -0.2) is 24.6 Å². The van der Waals surface area contributed by atoms with Crippen molar-refractivity contribution in [2.75, 3.05) is 0 Å². The zero-order chi connectivity index (χ0) is 18.4. The van der Waals surface area contributed by atoms with Crippen LogP contribution in [0.4, 0.5) is 0 Å². The second kappa shape index (κ2) is 6.59. The van der Waals surface area contributed by atoms with Gasteiger partial charge in [0.05, 0.1) is 10.6 Å². The molecule has 0 aliphatic carbocycles. The van der Waals surface area contributed by atoms with Crippen molar-refractivity contribution in [3.63, 3.8) is 0 Å². The molecular weight excluding hydrogens is 398 g/mol. The lowest BCUT2D eigenvalue weighted by molar-refractivity contribution is 0.885. The minimum atomic E-state index is -0.0989. The van der Waals surface area contributed by atoms with E-state index in [-0.39, 0.29) is 10.8 Å². The summed E-state index contributed by atoms with van der Waals surface area (Å²) >= 11 is 4.64. The quantitative estimate of drug-likeness (QED) is 0.437. The number of nitrogens with zero attached hydrogens (tertiary/aromatic N) is 4. The molecule has 0 spiro atoms. The van der Waals surface area contributed by atoms with Gasteiger partial charge in [0.25, 0.3) is 5.56 Å². The third-order valence-electron chi connectivity index (χ3n) is 4.20. The zero-order valence-corrected chi connectivity index (χ0v) is 16.6. The first-order valence-corrected chi connectivity index (χ1v) is 10.9. The van der Waals surface area contributed by atoms with Gasteiger partial charge < -0.3 is 4.98 Å². The Hall–Kier alpha value is -2.49. The molecule has 27 heavy (non-hydrogen) atoms. The Bertz CT molecular complexity index is 1300. The minimum Gasteiger partial charge on any atom is -0.309 e. The molecule has 0 fully saturated rings. The van der Waals surface area contributed by atoms with Gasteiger partial charge in [-0.3, -0.25) is 9.20 Å². The van der Waals surface area contributed by atoms with Crippen LogP contribution in [0.25, 0.3) is 26.3 Å². The van der Waals surface area contributed by atoms with Crippen LogP contribution >= 0.6 is 34.4 Å². The predicted octanol–water partition coefficient (Wildman–Crippen LogP) is 4.61. The normalized spacial score (nSPS) is 12.8. The largest absolute Gasteiger partial charge is 0.309 e. The fraction of sp³-hybridized carbons (Fsp3) is 0.111. The van der Waals surface area contributed by atoms with Gasteiger partial charge in [0.1, 0.15) is 10.7 Å². The number of hydrogen-bond acceptors (Lipinski definition) is 7. The van der Waals surface area contributed by atoms with Crippen molar-refractivity contribution in [2.24, 2.45) is 0 Å². The molecule has 0 aliphatic heterocycles. The molecule has 134 valence electrons. The number of hydrogen-bond donors (Lipinski definition) is 1. The summed E-state index contributed by atoms with van der Waals surface area (Å²) < 4.78 is 1.93. The van der Waals surface area contributed by atoms with Gasteiger partial charge in [-0.2, -0.15) is 0 Å². The smallest absolute Gasteiger partial charge is 0.260 e. The number of nitrogens with one attached hydrogen (secondary N) is 1. The lowest BCUT2D eigenvalue weighted by Crippen LogP contribution is -2.12. The average molecular weight is 412 g/mol. The van der Waals surface area contributed by atoms with E-state index >= 15 is 0 Å². The molecular formula is C18H13N5OS3. The lowest BCUT2D eigenvalue weighted by atomic mass is 10.2. The highest BCUT2D eigenvalue weighted by Crippen LogP contribution is 2.36. The molecule has 0 radical (unpaired) electrons. The third kappa shape index (κ3) is 2.88. The lowest BCUT2D eigenvalue weighted by Gasteiger charge is -2.09. The first-order valence-electron chi connectivity index (χ1n) is 8.22. The SMILES string of the molecule is CC(Sc1nnc2ccccn12)c1nc2scc(-c3cccs3)c2c(=O)[nH]1. The summed E-state index contributed by atoms with van der Waals surface area (Å²) in [7, 11) is 0. The fourth-order valence-electron chi connectivity index (χ4n) is 2.89. The maximum atomic E-state index is 12.8. The molecule has 0 saturated carbocycles. The predicted molar refractivity (Wildman–Crippen MR) is 111 cm³/mol. The van der Waals surface area contributed by atoms with Gasteiger partial charge in [-0.25, -0.2) is 4.98 Å². The average Bonchev–Trinajstić information content (AvgIpc) is 3.41. The highest BCUT2D eigenvalue weighted by Gasteiger charge is 2.18. The van der Waals surface area contributed by atoms with Gasteiger partial charge in [0, 0.05) is 22.0 Å². The van der Waals surface area contributed by atoms with Crippen LogP contribution in [-0.2, 0) is 0 Å². The number of aromatic amines is 1. The molecule has 9 heteroatoms. The van der Waals surface area contributed by atoms with Crippen LogP contribution in [0, 0.1) is 0 Å². The van der Waals surface area contributed by atoms with Crippen molar-refractivity contribution in [1.82, 2.24) is 24.6 Å². The molecule has 0 bridgehead atoms. The van der Waals surface area contributed by atoms with Gasteiger partial charge in [0.15, 0.2) is 10.8 Å². The van der Waals surface area contributed by atoms with Crippen LogP contribution in [0.3, 0.4) is 0 Å². The Labute approximate surface area is 165 Å². The Kier molecular flexibility index (Phi) is 4.07. The van der Waals surface area contributed by atoms with E-state index in [9.17, 15) is 4.79 Å². The fourth-order valence-corrected chi connectivity index (χ4v) is 5.55. The summed E-state index contributed by atoms with van der Waals surface area (Å²) in [5.41, 5.74) is 1.65. The Balaban J connectivity index is 1.52. The van der Waals surface area contributed by atoms with E-state index in [4.69, 9.17) is 4.98 Å². The Morgan fingerprint density at radius 1 is 1.19 bits per heavy atom. The van der Waals surface area contributed by atoms with Gasteiger partial charge in [0.2, 0.25) is 0 Å². The van der Waals surface area contributed by atoms with E-state index in [2.05, 4.69) is 15.2 Å². The summed E-state index contributed by atoms with van der Waals surface area (Å²) in [6.07, 6.45) is 1.93. The van der Waals surface area contributed by atoms with Crippen molar-refractivity contribution >= 4 is 50.3 Å². The highest BCUT2D eigenvalue weighted by atomic mass is 32.2. The molecule has 1 unspecified atom stereocenters. The highest BCUT2D eigenvalue weighted by molar-refractivity contribution is 7.99. The first kappa shape index (κ1) is 16.7. The van der Waals surface area contributed by atoms with E-state index in [0.29, 0.717) is 11.2 Å². The number of thioether (sulfide) groups is 1. The number of fused-ring (bicyclic) bond motifs is 2. The second-order valence-corrected chi connectivity index (χ2v) is 9.04. The van der Waals surface area contributed by atoms with E-state index in [1.54, 1.807) is 11.3 Å². The Morgan fingerprint density at radius 2 is 2.11 bits per heavy atom. The number of H-pyrrole nitrogens is 1. The van der Waals surface area contributed by atoms with E-state index in [0.717, 1.165) is 26.1 Å². The summed E-state index contributed by atoms with van der Waals surface area (Å²) in [6, 6.07) is 9.78. The third-order valence-corrected chi connectivity index (χ3v) is 7.04. The van der Waals surface area contributed by atoms with Crippen molar-refractivity contribution in [2.45, 2.75) is 17.3 Å². The number of thiophene rings is 2. The Morgan fingerprint density at radius 3 is 2.96 bits per heavy atom. The summed E-state index contributed by atoms with van der Waals surface area (Å²) in [5, 5.41) is 13.8. The van der Waals surface area contributed by atoms with Crippen LogP contribution < -0.4 is 5.56 Å². The topological polar surface area (TPSA) is 75.9 Å². The molecule has 0 aromatic carbocycles.